The fourth-order valence-corrected chi connectivity index (χ4v) is 4.48. The van der Waals surface area contributed by atoms with Crippen LogP contribution in [-0.2, 0) is 6.42 Å². The molecule has 0 unspecified atom stereocenters. The number of aryl methyl sites for hydroxylation is 1. The van der Waals surface area contributed by atoms with Gasteiger partial charge in [0.05, 0.1) is 11.0 Å². The third kappa shape index (κ3) is 2.79. The minimum atomic E-state index is -0.166. The highest BCUT2D eigenvalue weighted by Crippen LogP contribution is 2.35. The first-order valence-corrected chi connectivity index (χ1v) is 9.80. The first-order valence-electron chi connectivity index (χ1n) is 9.80. The molecule has 0 aliphatic carbocycles. The monoisotopic (exact) mass is 360 g/mol. The summed E-state index contributed by atoms with van der Waals surface area (Å²) in [4.78, 5) is 20.9. The van der Waals surface area contributed by atoms with Crippen molar-refractivity contribution in [3.05, 3.63) is 58.0 Å². The van der Waals surface area contributed by atoms with E-state index in [2.05, 4.69) is 51.5 Å². The Hall–Kier alpha value is -2.79. The van der Waals surface area contributed by atoms with Crippen molar-refractivity contribution in [1.82, 2.24) is 20.3 Å². The molecule has 5 heteroatoms. The van der Waals surface area contributed by atoms with Crippen LogP contribution >= 0.6 is 0 Å². The average molecular weight is 360 g/mol. The van der Waals surface area contributed by atoms with Crippen LogP contribution in [0.25, 0.3) is 33.2 Å². The SMILES string of the molecule is CCc1c(-c2ccc3[nH]c(=O)[nH]c3c2)[nH]c2ccc(C3CCNCC3)cc12. The Bertz CT molecular complexity index is 1170. The maximum absolute atomic E-state index is 11.6. The van der Waals surface area contributed by atoms with Crippen molar-refractivity contribution in [2.24, 2.45) is 0 Å². The second-order valence-corrected chi connectivity index (χ2v) is 7.50. The lowest BCUT2D eigenvalue weighted by Gasteiger charge is -2.23. The fourth-order valence-electron chi connectivity index (χ4n) is 4.48. The summed E-state index contributed by atoms with van der Waals surface area (Å²) in [6, 6.07) is 13.0. The van der Waals surface area contributed by atoms with Crippen LogP contribution in [0.1, 0.15) is 36.8 Å². The molecule has 2 aromatic carbocycles. The Morgan fingerprint density at radius 2 is 1.70 bits per heavy atom. The molecule has 4 aromatic rings. The molecule has 1 aliphatic rings. The molecule has 2 aromatic heterocycles. The molecule has 1 fully saturated rings. The van der Waals surface area contributed by atoms with Gasteiger partial charge >= 0.3 is 5.69 Å². The van der Waals surface area contributed by atoms with Crippen LogP contribution in [-0.4, -0.2) is 28.0 Å². The van der Waals surface area contributed by atoms with E-state index in [1.54, 1.807) is 0 Å². The number of rotatable bonds is 3. The van der Waals surface area contributed by atoms with E-state index in [4.69, 9.17) is 0 Å². The number of fused-ring (bicyclic) bond motifs is 2. The summed E-state index contributed by atoms with van der Waals surface area (Å²) in [6.45, 7) is 4.42. The van der Waals surface area contributed by atoms with E-state index in [9.17, 15) is 4.79 Å². The zero-order valence-corrected chi connectivity index (χ0v) is 15.5. The lowest BCUT2D eigenvalue weighted by atomic mass is 9.89. The van der Waals surface area contributed by atoms with Gasteiger partial charge in [-0.05, 0) is 73.7 Å². The Labute approximate surface area is 157 Å². The summed E-state index contributed by atoms with van der Waals surface area (Å²) in [7, 11) is 0. The number of hydrogen-bond acceptors (Lipinski definition) is 2. The lowest BCUT2D eigenvalue weighted by Crippen LogP contribution is -2.26. The number of aromatic amines is 3. The summed E-state index contributed by atoms with van der Waals surface area (Å²) in [6.07, 6.45) is 3.39. The molecule has 4 N–H and O–H groups in total. The van der Waals surface area contributed by atoms with E-state index in [1.165, 1.54) is 34.9 Å². The van der Waals surface area contributed by atoms with E-state index >= 15 is 0 Å². The molecule has 5 nitrogen and oxygen atoms in total. The molecule has 0 bridgehead atoms. The molecule has 27 heavy (non-hydrogen) atoms. The molecule has 0 atom stereocenters. The zero-order valence-electron chi connectivity index (χ0n) is 15.5. The van der Waals surface area contributed by atoms with Crippen LogP contribution in [0.4, 0.5) is 0 Å². The van der Waals surface area contributed by atoms with E-state index in [0.717, 1.165) is 41.8 Å². The van der Waals surface area contributed by atoms with Crippen molar-refractivity contribution in [3.8, 4) is 11.3 Å². The summed E-state index contributed by atoms with van der Waals surface area (Å²) in [5, 5.41) is 4.78. The lowest BCUT2D eigenvalue weighted by molar-refractivity contribution is 0.460. The van der Waals surface area contributed by atoms with Gasteiger partial charge < -0.3 is 20.3 Å². The second kappa shape index (κ2) is 6.43. The van der Waals surface area contributed by atoms with E-state index in [1.807, 2.05) is 12.1 Å². The van der Waals surface area contributed by atoms with Crippen LogP contribution in [0.15, 0.2) is 41.2 Å². The van der Waals surface area contributed by atoms with Gasteiger partial charge in [0.1, 0.15) is 0 Å². The smallest absolute Gasteiger partial charge is 0.323 e. The minimum absolute atomic E-state index is 0.166. The van der Waals surface area contributed by atoms with Gasteiger partial charge in [0.15, 0.2) is 0 Å². The van der Waals surface area contributed by atoms with E-state index in [0.29, 0.717) is 5.92 Å². The van der Waals surface area contributed by atoms with Crippen molar-refractivity contribution in [3.63, 3.8) is 0 Å². The highest BCUT2D eigenvalue weighted by atomic mass is 16.1. The molecule has 0 saturated carbocycles. The molecular formula is C22H24N4O. The number of H-pyrrole nitrogens is 3. The third-order valence-corrected chi connectivity index (χ3v) is 5.90. The molecule has 0 amide bonds. The van der Waals surface area contributed by atoms with Crippen molar-refractivity contribution in [2.75, 3.05) is 13.1 Å². The molecule has 0 radical (unpaired) electrons. The van der Waals surface area contributed by atoms with Gasteiger partial charge in [0.25, 0.3) is 0 Å². The van der Waals surface area contributed by atoms with Crippen LogP contribution in [0.3, 0.4) is 0 Å². The van der Waals surface area contributed by atoms with Crippen molar-refractivity contribution in [1.29, 1.82) is 0 Å². The maximum atomic E-state index is 11.6. The van der Waals surface area contributed by atoms with Gasteiger partial charge in [0, 0.05) is 22.2 Å². The topological polar surface area (TPSA) is 76.5 Å². The second-order valence-electron chi connectivity index (χ2n) is 7.50. The Kier molecular flexibility index (Phi) is 3.90. The largest absolute Gasteiger partial charge is 0.354 e. The fraction of sp³-hybridized carbons (Fsp3) is 0.318. The first-order chi connectivity index (χ1) is 13.2. The van der Waals surface area contributed by atoms with Gasteiger partial charge in [-0.25, -0.2) is 4.79 Å². The number of hydrogen-bond donors (Lipinski definition) is 4. The summed E-state index contributed by atoms with van der Waals surface area (Å²) in [5.74, 6) is 0.653. The Morgan fingerprint density at radius 3 is 2.52 bits per heavy atom. The number of piperidine rings is 1. The van der Waals surface area contributed by atoms with Crippen LogP contribution < -0.4 is 11.0 Å². The van der Waals surface area contributed by atoms with Crippen LogP contribution in [0.5, 0.6) is 0 Å². The number of benzene rings is 2. The molecule has 138 valence electrons. The first kappa shape index (κ1) is 16.4. The maximum Gasteiger partial charge on any atom is 0.323 e. The molecule has 3 heterocycles. The van der Waals surface area contributed by atoms with E-state index < -0.39 is 0 Å². The highest BCUT2D eigenvalue weighted by Gasteiger charge is 2.18. The van der Waals surface area contributed by atoms with Gasteiger partial charge in [-0.15, -0.1) is 0 Å². The summed E-state index contributed by atoms with van der Waals surface area (Å²) < 4.78 is 0. The van der Waals surface area contributed by atoms with Crippen LogP contribution in [0.2, 0.25) is 0 Å². The normalized spacial score (nSPS) is 15.7. The van der Waals surface area contributed by atoms with Crippen molar-refractivity contribution in [2.45, 2.75) is 32.1 Å². The average Bonchev–Trinajstić information content (AvgIpc) is 3.26. The minimum Gasteiger partial charge on any atom is -0.354 e. The van der Waals surface area contributed by atoms with Crippen molar-refractivity contribution >= 4 is 21.9 Å². The molecule has 1 aliphatic heterocycles. The van der Waals surface area contributed by atoms with Gasteiger partial charge in [-0.3, -0.25) is 0 Å². The molecule has 1 saturated heterocycles. The van der Waals surface area contributed by atoms with Gasteiger partial charge in [-0.1, -0.05) is 19.1 Å². The number of aromatic nitrogens is 3. The predicted octanol–water partition coefficient (Wildman–Crippen LogP) is 4.03. The Balaban J connectivity index is 1.63. The Morgan fingerprint density at radius 1 is 0.926 bits per heavy atom. The number of nitrogens with one attached hydrogen (secondary N) is 4. The molecule has 5 rings (SSSR count). The summed E-state index contributed by atoms with van der Waals surface area (Å²) >= 11 is 0. The highest BCUT2D eigenvalue weighted by molar-refractivity contribution is 5.93. The predicted molar refractivity (Wildman–Crippen MR) is 110 cm³/mol. The number of imidazole rings is 1. The third-order valence-electron chi connectivity index (χ3n) is 5.90. The molecular weight excluding hydrogens is 336 g/mol. The quantitative estimate of drug-likeness (QED) is 0.445. The van der Waals surface area contributed by atoms with Crippen molar-refractivity contribution < 1.29 is 0 Å². The zero-order chi connectivity index (χ0) is 18.4. The summed E-state index contributed by atoms with van der Waals surface area (Å²) in [5.41, 5.74) is 7.75. The van der Waals surface area contributed by atoms with Crippen LogP contribution in [0, 0.1) is 0 Å². The van der Waals surface area contributed by atoms with E-state index in [-0.39, 0.29) is 5.69 Å². The molecule has 0 spiro atoms. The van der Waals surface area contributed by atoms with Gasteiger partial charge in [0.2, 0.25) is 0 Å². The standard InChI is InChI=1S/C22H24N4O/c1-2-16-17-11-14(13-7-9-23-10-8-13)3-5-18(17)24-21(16)15-4-6-19-20(12-15)26-22(27)25-19/h3-6,11-13,23-24H,2,7-10H2,1H3,(H2,25,26,27). The van der Waals surface area contributed by atoms with Gasteiger partial charge in [-0.2, -0.15) is 0 Å².